The second-order valence-electron chi connectivity index (χ2n) is 4.58. The molecule has 0 unspecified atom stereocenters. The fraction of sp³-hybridized carbons (Fsp3) is 0.400. The molecule has 1 rings (SSSR count). The van der Waals surface area contributed by atoms with Gasteiger partial charge >= 0.3 is 0 Å². The maximum absolute atomic E-state index is 12.3. The summed E-state index contributed by atoms with van der Waals surface area (Å²) in [7, 11) is 1.69. The summed E-state index contributed by atoms with van der Waals surface area (Å²) in [5.41, 5.74) is 0.489. The van der Waals surface area contributed by atoms with E-state index in [0.717, 1.165) is 0 Å². The van der Waals surface area contributed by atoms with E-state index in [-0.39, 0.29) is 28.9 Å². The summed E-state index contributed by atoms with van der Waals surface area (Å²) in [6, 6.07) is 0.0397. The Labute approximate surface area is 113 Å². The van der Waals surface area contributed by atoms with Gasteiger partial charge < -0.3 is 4.90 Å². The molecule has 0 aromatic rings. The molecule has 1 fully saturated rings. The van der Waals surface area contributed by atoms with Crippen LogP contribution in [0.15, 0.2) is 36.5 Å². The number of hydrogen-bond acceptors (Lipinski definition) is 3. The van der Waals surface area contributed by atoms with Crippen molar-refractivity contribution < 1.29 is 14.4 Å². The normalized spacial score (nSPS) is 17.4. The minimum absolute atomic E-state index is 0.0397. The number of carbonyl (C=O) groups is 3. The van der Waals surface area contributed by atoms with Crippen molar-refractivity contribution in [3.8, 4) is 0 Å². The highest BCUT2D eigenvalue weighted by molar-refractivity contribution is 6.02. The lowest BCUT2D eigenvalue weighted by atomic mass is 9.93. The fourth-order valence-electron chi connectivity index (χ4n) is 2.22. The molecule has 0 heterocycles. The van der Waals surface area contributed by atoms with Crippen LogP contribution in [0.5, 0.6) is 0 Å². The van der Waals surface area contributed by atoms with Crippen molar-refractivity contribution in [3.05, 3.63) is 36.5 Å². The number of rotatable bonds is 5. The molecule has 4 nitrogen and oxygen atoms in total. The van der Waals surface area contributed by atoms with Gasteiger partial charge in [-0.25, -0.2) is 0 Å². The average Bonchev–Trinajstić information content (AvgIpc) is 2.44. The van der Waals surface area contributed by atoms with Crippen LogP contribution in [0.25, 0.3) is 0 Å². The summed E-state index contributed by atoms with van der Waals surface area (Å²) < 4.78 is 0. The Morgan fingerprint density at radius 2 is 1.84 bits per heavy atom. The molecule has 1 aliphatic carbocycles. The van der Waals surface area contributed by atoms with Gasteiger partial charge in [-0.05, 0) is 12.8 Å². The fourth-order valence-corrected chi connectivity index (χ4v) is 2.22. The molecular formula is C15H19NO3. The summed E-state index contributed by atoms with van der Waals surface area (Å²) >= 11 is 0. The van der Waals surface area contributed by atoms with Crippen LogP contribution in [0.3, 0.4) is 0 Å². The van der Waals surface area contributed by atoms with E-state index in [1.54, 1.807) is 11.9 Å². The van der Waals surface area contributed by atoms with E-state index in [1.807, 2.05) is 0 Å². The van der Waals surface area contributed by atoms with Crippen molar-refractivity contribution in [2.75, 3.05) is 7.05 Å². The first-order valence-electron chi connectivity index (χ1n) is 6.28. The molecule has 1 saturated carbocycles. The third kappa shape index (κ3) is 3.50. The van der Waals surface area contributed by atoms with Crippen LogP contribution in [-0.4, -0.2) is 36.0 Å². The monoisotopic (exact) mass is 261 g/mol. The third-order valence-electron chi connectivity index (χ3n) is 3.47. The lowest BCUT2D eigenvalue weighted by molar-refractivity contribution is -0.130. The zero-order chi connectivity index (χ0) is 14.4. The number of allylic oxidation sites excluding steroid dienone is 2. The van der Waals surface area contributed by atoms with Crippen LogP contribution in [0.4, 0.5) is 0 Å². The first kappa shape index (κ1) is 15.1. The third-order valence-corrected chi connectivity index (χ3v) is 3.47. The molecule has 0 aromatic heterocycles. The van der Waals surface area contributed by atoms with E-state index >= 15 is 0 Å². The van der Waals surface area contributed by atoms with Gasteiger partial charge in [0.25, 0.3) is 5.91 Å². The molecule has 0 radical (unpaired) electrons. The maximum Gasteiger partial charge on any atom is 0.254 e. The predicted molar refractivity (Wildman–Crippen MR) is 73.5 cm³/mol. The van der Waals surface area contributed by atoms with Crippen LogP contribution >= 0.6 is 0 Å². The lowest BCUT2D eigenvalue weighted by Gasteiger charge is -2.31. The summed E-state index contributed by atoms with van der Waals surface area (Å²) in [6.07, 6.45) is 5.69. The highest BCUT2D eigenvalue weighted by Crippen LogP contribution is 2.21. The zero-order valence-corrected chi connectivity index (χ0v) is 11.2. The highest BCUT2D eigenvalue weighted by atomic mass is 16.2. The maximum atomic E-state index is 12.3. The Kier molecular flexibility index (Phi) is 5.42. The van der Waals surface area contributed by atoms with Crippen LogP contribution in [0.2, 0.25) is 0 Å². The van der Waals surface area contributed by atoms with Crippen molar-refractivity contribution in [3.63, 3.8) is 0 Å². The Hall–Kier alpha value is -1.97. The zero-order valence-electron chi connectivity index (χ0n) is 11.2. The average molecular weight is 261 g/mol. The van der Waals surface area contributed by atoms with Gasteiger partial charge in [-0.3, -0.25) is 14.4 Å². The molecule has 19 heavy (non-hydrogen) atoms. The van der Waals surface area contributed by atoms with E-state index in [9.17, 15) is 14.4 Å². The van der Waals surface area contributed by atoms with E-state index in [0.29, 0.717) is 32.0 Å². The van der Waals surface area contributed by atoms with Crippen LogP contribution in [0.1, 0.15) is 25.7 Å². The SMILES string of the molecule is C=C/C(C=O)=C(\C=C)C(=O)N(C)C1CCC(=O)CC1. The molecule has 0 bridgehead atoms. The molecule has 0 aromatic carbocycles. The van der Waals surface area contributed by atoms with Gasteiger partial charge in [-0.2, -0.15) is 0 Å². The van der Waals surface area contributed by atoms with Crippen molar-refractivity contribution in [1.82, 2.24) is 4.90 Å². The Morgan fingerprint density at radius 1 is 1.26 bits per heavy atom. The number of carbonyl (C=O) groups excluding carboxylic acids is 3. The molecule has 0 saturated heterocycles. The first-order chi connectivity index (χ1) is 9.04. The van der Waals surface area contributed by atoms with Crippen molar-refractivity contribution >= 4 is 18.0 Å². The van der Waals surface area contributed by atoms with E-state index in [1.165, 1.54) is 12.2 Å². The Bertz CT molecular complexity index is 428. The quantitative estimate of drug-likeness (QED) is 0.431. The topological polar surface area (TPSA) is 54.5 Å². The van der Waals surface area contributed by atoms with Crippen LogP contribution in [0, 0.1) is 0 Å². The largest absolute Gasteiger partial charge is 0.339 e. The molecule has 4 heteroatoms. The van der Waals surface area contributed by atoms with Gasteiger partial charge in [-0.15, -0.1) is 0 Å². The molecule has 1 amide bonds. The van der Waals surface area contributed by atoms with Crippen LogP contribution < -0.4 is 0 Å². The minimum Gasteiger partial charge on any atom is -0.339 e. The standard InChI is InChI=1S/C15H19NO3/c1-4-11(10-17)14(5-2)15(19)16(3)12-6-8-13(18)9-7-12/h4-5,10,12H,1-2,6-9H2,3H3/b14-11-. The first-order valence-corrected chi connectivity index (χ1v) is 6.28. The number of likely N-dealkylation sites (N-methyl/N-ethyl adjacent to an activating group) is 1. The summed E-state index contributed by atoms with van der Waals surface area (Å²) in [5.74, 6) is -0.00685. The van der Waals surface area contributed by atoms with E-state index in [2.05, 4.69) is 13.2 Å². The minimum atomic E-state index is -0.253. The van der Waals surface area contributed by atoms with E-state index in [4.69, 9.17) is 0 Å². The van der Waals surface area contributed by atoms with Gasteiger partial charge in [-0.1, -0.05) is 25.3 Å². The second-order valence-corrected chi connectivity index (χ2v) is 4.58. The highest BCUT2D eigenvalue weighted by Gasteiger charge is 2.26. The van der Waals surface area contributed by atoms with Crippen molar-refractivity contribution in [2.45, 2.75) is 31.7 Å². The summed E-state index contributed by atoms with van der Waals surface area (Å²) in [6.45, 7) is 7.08. The summed E-state index contributed by atoms with van der Waals surface area (Å²) in [5, 5.41) is 0. The van der Waals surface area contributed by atoms with E-state index < -0.39 is 0 Å². The molecule has 0 aliphatic heterocycles. The Balaban J connectivity index is 2.89. The number of amides is 1. The van der Waals surface area contributed by atoms with Crippen LogP contribution in [-0.2, 0) is 14.4 Å². The summed E-state index contributed by atoms with van der Waals surface area (Å²) in [4.78, 5) is 36.0. The van der Waals surface area contributed by atoms with Gasteiger partial charge in [0.15, 0.2) is 6.29 Å². The number of nitrogens with zero attached hydrogens (tertiary/aromatic N) is 1. The molecule has 102 valence electrons. The number of aldehydes is 1. The van der Waals surface area contributed by atoms with Crippen molar-refractivity contribution in [1.29, 1.82) is 0 Å². The molecular weight excluding hydrogens is 242 g/mol. The lowest BCUT2D eigenvalue weighted by Crippen LogP contribution is -2.40. The Morgan fingerprint density at radius 3 is 2.26 bits per heavy atom. The molecule has 1 aliphatic rings. The van der Waals surface area contributed by atoms with Gasteiger partial charge in [0.05, 0.1) is 0 Å². The van der Waals surface area contributed by atoms with Gasteiger partial charge in [0, 0.05) is 37.1 Å². The second kappa shape index (κ2) is 6.83. The van der Waals surface area contributed by atoms with Crippen molar-refractivity contribution in [2.24, 2.45) is 0 Å². The number of hydrogen-bond donors (Lipinski definition) is 0. The number of Topliss-reactive ketones (excluding diaryl/α,β-unsaturated/α-hetero) is 1. The number of ketones is 1. The van der Waals surface area contributed by atoms with Gasteiger partial charge in [0.2, 0.25) is 0 Å². The molecule has 0 N–H and O–H groups in total. The predicted octanol–water partition coefficient (Wildman–Crippen LogP) is 1.82. The molecule has 0 spiro atoms. The van der Waals surface area contributed by atoms with Gasteiger partial charge in [0.1, 0.15) is 5.78 Å². The molecule has 0 atom stereocenters. The smallest absolute Gasteiger partial charge is 0.254 e.